The van der Waals surface area contributed by atoms with Crippen molar-refractivity contribution in [3.8, 4) is 0 Å². The topological polar surface area (TPSA) is 85.1 Å². The number of hydrogen-bond acceptors (Lipinski definition) is 10. The Kier molecular flexibility index (Phi) is 45.5. The molecular weight excluding hydrogens is 536 g/mol. The number of nitrogens with zero attached hydrogens (tertiary/aromatic N) is 4. The summed E-state index contributed by atoms with van der Waals surface area (Å²) in [6.07, 6.45) is 0. The first-order chi connectivity index (χ1) is 21.0. The lowest BCUT2D eigenvalue weighted by Gasteiger charge is -2.26. The van der Waals surface area contributed by atoms with Crippen molar-refractivity contribution in [1.29, 1.82) is 0 Å². The Morgan fingerprint density at radius 1 is 0.302 bits per heavy atom. The second kappa shape index (κ2) is 41.6. The van der Waals surface area contributed by atoms with Crippen molar-refractivity contribution >= 4 is 0 Å². The molecule has 0 aromatic carbocycles. The van der Waals surface area contributed by atoms with Gasteiger partial charge in [-0.2, -0.15) is 0 Å². The molecule has 10 heteroatoms. The van der Waals surface area contributed by atoms with Gasteiger partial charge < -0.3 is 51.5 Å². The maximum atomic E-state index is 3.39. The van der Waals surface area contributed by atoms with Gasteiger partial charge in [0, 0.05) is 91.6 Å². The van der Waals surface area contributed by atoms with Crippen molar-refractivity contribution in [3.05, 3.63) is 0 Å². The zero-order valence-electron chi connectivity index (χ0n) is 31.1. The van der Waals surface area contributed by atoms with Crippen LogP contribution in [0.25, 0.3) is 0 Å². The lowest BCUT2D eigenvalue weighted by atomic mass is 10.4. The zero-order valence-corrected chi connectivity index (χ0v) is 31.1. The van der Waals surface area contributed by atoms with Gasteiger partial charge in [-0.05, 0) is 66.0 Å². The molecule has 0 aliphatic heterocycles. The van der Waals surface area contributed by atoms with Gasteiger partial charge in [0.25, 0.3) is 0 Å². The molecule has 0 atom stereocenters. The van der Waals surface area contributed by atoms with Crippen LogP contribution < -0.4 is 31.9 Å². The second-order valence-corrected chi connectivity index (χ2v) is 10.6. The maximum absolute atomic E-state index is 3.39. The molecule has 0 saturated heterocycles. The van der Waals surface area contributed by atoms with Crippen molar-refractivity contribution in [2.75, 3.05) is 158 Å². The third kappa shape index (κ3) is 37.7. The van der Waals surface area contributed by atoms with E-state index in [2.05, 4.69) is 114 Å². The minimum absolute atomic E-state index is 1.07. The van der Waals surface area contributed by atoms with Crippen LogP contribution in [0.1, 0.15) is 62.3 Å². The molecule has 0 aliphatic rings. The molecular formula is C33H82N10. The van der Waals surface area contributed by atoms with Crippen LogP contribution in [0.2, 0.25) is 0 Å². The van der Waals surface area contributed by atoms with E-state index >= 15 is 0 Å². The molecule has 6 N–H and O–H groups in total. The zero-order chi connectivity index (χ0) is 32.8. The predicted octanol–water partition coefficient (Wildman–Crippen LogP) is 1.51. The first kappa shape index (κ1) is 47.0. The van der Waals surface area contributed by atoms with E-state index in [-0.39, 0.29) is 0 Å². The summed E-state index contributed by atoms with van der Waals surface area (Å²) >= 11 is 0. The number of hydrogen-bond donors (Lipinski definition) is 6. The summed E-state index contributed by atoms with van der Waals surface area (Å²) in [5.41, 5.74) is 0. The third-order valence-electron chi connectivity index (χ3n) is 7.47. The fourth-order valence-electron chi connectivity index (χ4n) is 4.33. The number of likely N-dealkylation sites (N-methyl/N-ethyl adjacent to an activating group) is 10. The molecule has 0 radical (unpaired) electrons. The number of rotatable bonds is 30. The Morgan fingerprint density at radius 2 is 0.512 bits per heavy atom. The molecule has 0 rings (SSSR count). The molecule has 264 valence electrons. The minimum atomic E-state index is 1.07. The quantitative estimate of drug-likeness (QED) is 0.0667. The largest absolute Gasteiger partial charge is 0.318 e. The van der Waals surface area contributed by atoms with Crippen molar-refractivity contribution in [2.24, 2.45) is 0 Å². The minimum Gasteiger partial charge on any atom is -0.318 e. The highest BCUT2D eigenvalue weighted by Gasteiger charge is 2.06. The molecule has 0 bridgehead atoms. The van der Waals surface area contributed by atoms with Crippen molar-refractivity contribution in [3.63, 3.8) is 0 Å². The summed E-state index contributed by atoms with van der Waals surface area (Å²) in [4.78, 5) is 9.96. The molecule has 43 heavy (non-hydrogen) atoms. The van der Waals surface area contributed by atoms with E-state index in [9.17, 15) is 0 Å². The summed E-state index contributed by atoms with van der Waals surface area (Å²) in [5, 5.41) is 20.0. The third-order valence-corrected chi connectivity index (χ3v) is 7.47. The second-order valence-electron chi connectivity index (χ2n) is 10.6. The van der Waals surface area contributed by atoms with Crippen molar-refractivity contribution < 1.29 is 0 Å². The summed E-state index contributed by atoms with van der Waals surface area (Å²) < 4.78 is 0. The predicted molar refractivity (Wildman–Crippen MR) is 195 cm³/mol. The van der Waals surface area contributed by atoms with E-state index in [1.54, 1.807) is 0 Å². The fraction of sp³-hybridized carbons (Fsp3) is 1.00. The van der Waals surface area contributed by atoms with Crippen LogP contribution in [0.4, 0.5) is 0 Å². The van der Waals surface area contributed by atoms with Gasteiger partial charge in [0.15, 0.2) is 0 Å². The highest BCUT2D eigenvalue weighted by atomic mass is 15.2. The van der Waals surface area contributed by atoms with Crippen molar-refractivity contribution in [2.45, 2.75) is 62.3 Å². The molecule has 0 aromatic heterocycles. The van der Waals surface area contributed by atoms with Crippen LogP contribution in [-0.2, 0) is 0 Å². The lowest BCUT2D eigenvalue weighted by Crippen LogP contribution is -2.40. The van der Waals surface area contributed by atoms with Crippen LogP contribution >= 0.6 is 0 Å². The molecule has 0 heterocycles. The Morgan fingerprint density at radius 3 is 0.698 bits per heavy atom. The Hall–Kier alpha value is -0.400. The highest BCUT2D eigenvalue weighted by molar-refractivity contribution is 4.64. The van der Waals surface area contributed by atoms with Gasteiger partial charge >= 0.3 is 0 Å². The van der Waals surface area contributed by atoms with E-state index in [1.165, 1.54) is 13.1 Å². The monoisotopic (exact) mass is 619 g/mol. The van der Waals surface area contributed by atoms with E-state index in [0.717, 1.165) is 137 Å². The average Bonchev–Trinajstić information content (AvgIpc) is 3.03. The van der Waals surface area contributed by atoms with Gasteiger partial charge in [-0.3, -0.25) is 0 Å². The average molecular weight is 619 g/mol. The molecule has 0 saturated carbocycles. The lowest BCUT2D eigenvalue weighted by molar-refractivity contribution is 0.215. The van der Waals surface area contributed by atoms with Crippen molar-refractivity contribution in [1.82, 2.24) is 51.5 Å². The molecule has 0 fully saturated rings. The van der Waals surface area contributed by atoms with Crippen LogP contribution in [0, 0.1) is 0 Å². The van der Waals surface area contributed by atoms with Crippen LogP contribution in [0.15, 0.2) is 0 Å². The highest BCUT2D eigenvalue weighted by Crippen LogP contribution is 1.92. The summed E-state index contributed by atoms with van der Waals surface area (Å²) in [5.74, 6) is 0. The fourth-order valence-corrected chi connectivity index (χ4v) is 4.33. The molecule has 0 unspecified atom stereocenters. The number of nitrogens with one attached hydrogen (secondary N) is 6. The Balaban J connectivity index is -0.000000574. The van der Waals surface area contributed by atoms with Gasteiger partial charge in [0.2, 0.25) is 0 Å². The smallest absolute Gasteiger partial charge is 0.0110 e. The molecule has 0 amide bonds. The van der Waals surface area contributed by atoms with E-state index < -0.39 is 0 Å². The molecule has 0 aliphatic carbocycles. The van der Waals surface area contributed by atoms with Gasteiger partial charge in [-0.15, -0.1) is 0 Å². The SMILES string of the molecule is CCNCCN(CC)CCN(CC)CCNCC.CCNCCN(CC)CCNC.CCNCCN(CC)CCNCC. The van der Waals surface area contributed by atoms with Gasteiger partial charge in [0.1, 0.15) is 0 Å². The van der Waals surface area contributed by atoms with Crippen LogP contribution in [0.3, 0.4) is 0 Å². The standard InChI is InChI=1S/C14H34N4.C10H25N3.C9H23N3/c1-5-15-9-11-17(7-3)13-14-18(8-4)12-10-16-6-2;1-4-11-7-9-13(6-3)10-8-12-5-2;1-4-11-7-9-12(5-2)8-6-10-3/h15-16H,5-14H2,1-4H3;11-12H,4-10H2,1-3H3;10-11H,4-9H2,1-3H3. The van der Waals surface area contributed by atoms with Crippen LogP contribution in [-0.4, -0.2) is 177 Å². The van der Waals surface area contributed by atoms with Crippen LogP contribution in [0.5, 0.6) is 0 Å². The summed E-state index contributed by atoms with van der Waals surface area (Å²) in [6.45, 7) is 45.6. The van der Waals surface area contributed by atoms with Gasteiger partial charge in [-0.25, -0.2) is 0 Å². The van der Waals surface area contributed by atoms with E-state index in [1.807, 2.05) is 7.05 Å². The molecule has 10 nitrogen and oxygen atoms in total. The Labute approximate surface area is 271 Å². The van der Waals surface area contributed by atoms with Gasteiger partial charge in [0.05, 0.1) is 0 Å². The first-order valence-electron chi connectivity index (χ1n) is 18.0. The normalized spacial score (nSPS) is 11.3. The summed E-state index contributed by atoms with van der Waals surface area (Å²) in [6, 6.07) is 0. The maximum Gasteiger partial charge on any atom is 0.0110 e. The van der Waals surface area contributed by atoms with Gasteiger partial charge in [-0.1, -0.05) is 62.3 Å². The Bertz CT molecular complexity index is 445. The van der Waals surface area contributed by atoms with E-state index in [0.29, 0.717) is 0 Å². The first-order valence-corrected chi connectivity index (χ1v) is 18.0. The molecule has 0 spiro atoms. The summed E-state index contributed by atoms with van der Waals surface area (Å²) in [7, 11) is 2.00. The molecule has 0 aromatic rings. The van der Waals surface area contributed by atoms with E-state index in [4.69, 9.17) is 0 Å².